The molecule has 1 fully saturated rings. The van der Waals surface area contributed by atoms with Crippen LogP contribution in [0, 0.1) is 13.8 Å². The highest BCUT2D eigenvalue weighted by Gasteiger charge is 2.33. The fourth-order valence-corrected chi connectivity index (χ4v) is 6.00. The second kappa shape index (κ2) is 7.89. The van der Waals surface area contributed by atoms with E-state index < -0.39 is 10.0 Å². The fraction of sp³-hybridized carbons (Fsp3) is 0.409. The zero-order chi connectivity index (χ0) is 20.6. The Morgan fingerprint density at radius 3 is 2.48 bits per heavy atom. The van der Waals surface area contributed by atoms with Crippen molar-refractivity contribution in [2.24, 2.45) is 0 Å². The molecule has 1 amide bonds. The highest BCUT2D eigenvalue weighted by atomic mass is 32.2. The standard InChI is InChI=1S/C22H27N3O3S/c1-17-7-8-21(18(2)15-17)29(27,28)24-13-11-23(12-14-24)16-22(26)25-10-9-19-5-3-4-6-20(19)25/h3-8,15H,9-14,16H2,1-2H3/p+1. The number of hydrogen-bond acceptors (Lipinski definition) is 3. The summed E-state index contributed by atoms with van der Waals surface area (Å²) < 4.78 is 27.6. The summed E-state index contributed by atoms with van der Waals surface area (Å²) in [5, 5.41) is 0. The summed E-state index contributed by atoms with van der Waals surface area (Å²) in [5.41, 5.74) is 4.08. The van der Waals surface area contributed by atoms with Crippen molar-refractivity contribution in [2.75, 3.05) is 44.2 Å². The van der Waals surface area contributed by atoms with Crippen LogP contribution < -0.4 is 9.80 Å². The highest BCUT2D eigenvalue weighted by Crippen LogP contribution is 2.27. The van der Waals surface area contributed by atoms with Gasteiger partial charge in [-0.2, -0.15) is 4.31 Å². The molecule has 7 heteroatoms. The molecule has 2 aliphatic heterocycles. The minimum Gasteiger partial charge on any atom is -0.325 e. The van der Waals surface area contributed by atoms with Gasteiger partial charge >= 0.3 is 0 Å². The third-order valence-electron chi connectivity index (χ3n) is 5.97. The van der Waals surface area contributed by atoms with Gasteiger partial charge in [-0.15, -0.1) is 0 Å². The van der Waals surface area contributed by atoms with Gasteiger partial charge in [0.1, 0.15) is 0 Å². The summed E-state index contributed by atoms with van der Waals surface area (Å²) in [4.78, 5) is 16.2. The van der Waals surface area contributed by atoms with Crippen LogP contribution in [-0.2, 0) is 21.2 Å². The zero-order valence-corrected chi connectivity index (χ0v) is 17.8. The SMILES string of the molecule is Cc1ccc(S(=O)(=O)N2CC[NH+](CC(=O)N3CCc4ccccc43)CC2)c(C)c1. The van der Waals surface area contributed by atoms with Gasteiger partial charge in [0.15, 0.2) is 6.54 Å². The highest BCUT2D eigenvalue weighted by molar-refractivity contribution is 7.89. The lowest BCUT2D eigenvalue weighted by Gasteiger charge is -2.32. The van der Waals surface area contributed by atoms with E-state index in [0.717, 1.165) is 34.7 Å². The number of piperazine rings is 1. The van der Waals surface area contributed by atoms with Gasteiger partial charge in [0, 0.05) is 12.2 Å². The molecule has 0 saturated carbocycles. The maximum atomic E-state index is 13.0. The zero-order valence-electron chi connectivity index (χ0n) is 17.0. The van der Waals surface area contributed by atoms with Crippen LogP contribution in [0.2, 0.25) is 0 Å². The van der Waals surface area contributed by atoms with Crippen molar-refractivity contribution in [2.45, 2.75) is 25.2 Å². The first-order valence-electron chi connectivity index (χ1n) is 10.2. The first kappa shape index (κ1) is 20.1. The Hall–Kier alpha value is -2.22. The van der Waals surface area contributed by atoms with Gasteiger partial charge in [-0.3, -0.25) is 4.79 Å². The Balaban J connectivity index is 1.38. The molecule has 0 spiro atoms. The molecule has 1 N–H and O–H groups in total. The van der Waals surface area contributed by atoms with Crippen LogP contribution in [0.4, 0.5) is 5.69 Å². The topological polar surface area (TPSA) is 62.1 Å². The molecular weight excluding hydrogens is 386 g/mol. The van der Waals surface area contributed by atoms with Gasteiger partial charge < -0.3 is 9.80 Å². The van der Waals surface area contributed by atoms with E-state index in [4.69, 9.17) is 0 Å². The molecule has 29 heavy (non-hydrogen) atoms. The van der Waals surface area contributed by atoms with Crippen LogP contribution in [0.15, 0.2) is 47.4 Å². The first-order valence-corrected chi connectivity index (χ1v) is 11.6. The van der Waals surface area contributed by atoms with Crippen molar-refractivity contribution < 1.29 is 18.1 Å². The molecule has 154 valence electrons. The molecule has 4 rings (SSSR count). The van der Waals surface area contributed by atoms with Crippen LogP contribution >= 0.6 is 0 Å². The Morgan fingerprint density at radius 2 is 1.76 bits per heavy atom. The summed E-state index contributed by atoms with van der Waals surface area (Å²) in [6, 6.07) is 13.5. The summed E-state index contributed by atoms with van der Waals surface area (Å²) in [6.07, 6.45) is 0.902. The minimum absolute atomic E-state index is 0.121. The smallest absolute Gasteiger partial charge is 0.282 e. The van der Waals surface area contributed by atoms with Crippen molar-refractivity contribution >= 4 is 21.6 Å². The van der Waals surface area contributed by atoms with E-state index >= 15 is 0 Å². The summed E-state index contributed by atoms with van der Waals surface area (Å²) >= 11 is 0. The number of aryl methyl sites for hydroxylation is 2. The van der Waals surface area contributed by atoms with E-state index in [1.54, 1.807) is 10.4 Å². The van der Waals surface area contributed by atoms with E-state index in [2.05, 4.69) is 6.07 Å². The van der Waals surface area contributed by atoms with Crippen LogP contribution in [0.25, 0.3) is 0 Å². The lowest BCUT2D eigenvalue weighted by Crippen LogP contribution is -3.15. The van der Waals surface area contributed by atoms with E-state index in [9.17, 15) is 13.2 Å². The molecule has 0 unspecified atom stereocenters. The van der Waals surface area contributed by atoms with Crippen molar-refractivity contribution in [3.63, 3.8) is 0 Å². The normalized spacial score (nSPS) is 18.1. The average molecular weight is 415 g/mol. The van der Waals surface area contributed by atoms with Gasteiger partial charge in [-0.25, -0.2) is 8.42 Å². The third-order valence-corrected chi connectivity index (χ3v) is 8.03. The van der Waals surface area contributed by atoms with Gasteiger partial charge in [0.25, 0.3) is 5.91 Å². The van der Waals surface area contributed by atoms with Gasteiger partial charge in [0.2, 0.25) is 10.0 Å². The Kier molecular flexibility index (Phi) is 5.46. The van der Waals surface area contributed by atoms with E-state index in [1.807, 2.05) is 49.1 Å². The molecule has 2 aromatic rings. The number of nitrogens with one attached hydrogen (secondary N) is 1. The van der Waals surface area contributed by atoms with Gasteiger partial charge in [-0.05, 0) is 43.5 Å². The summed E-state index contributed by atoms with van der Waals surface area (Å²) in [5.74, 6) is 0.121. The Labute approximate surface area is 172 Å². The van der Waals surface area contributed by atoms with Crippen molar-refractivity contribution in [3.05, 3.63) is 59.2 Å². The van der Waals surface area contributed by atoms with Crippen LogP contribution in [0.5, 0.6) is 0 Å². The number of anilines is 1. The summed E-state index contributed by atoms with van der Waals surface area (Å²) in [7, 11) is -3.49. The van der Waals surface area contributed by atoms with Crippen molar-refractivity contribution in [3.8, 4) is 0 Å². The number of benzene rings is 2. The molecule has 0 radical (unpaired) electrons. The van der Waals surface area contributed by atoms with Crippen molar-refractivity contribution in [1.82, 2.24) is 4.31 Å². The second-order valence-electron chi connectivity index (χ2n) is 8.02. The Bertz CT molecular complexity index is 1030. The number of hydrogen-bond donors (Lipinski definition) is 1. The first-order chi connectivity index (χ1) is 13.9. The molecule has 0 bridgehead atoms. The maximum Gasteiger partial charge on any atom is 0.282 e. The quantitative estimate of drug-likeness (QED) is 0.804. The fourth-order valence-electron chi connectivity index (χ4n) is 4.35. The molecule has 6 nitrogen and oxygen atoms in total. The largest absolute Gasteiger partial charge is 0.325 e. The van der Waals surface area contributed by atoms with Crippen LogP contribution in [-0.4, -0.2) is 57.9 Å². The molecule has 0 atom stereocenters. The monoisotopic (exact) mass is 414 g/mol. The molecule has 0 aromatic heterocycles. The number of rotatable bonds is 4. The predicted molar refractivity (Wildman–Crippen MR) is 113 cm³/mol. The lowest BCUT2D eigenvalue weighted by molar-refractivity contribution is -0.895. The number of quaternary nitrogens is 1. The summed E-state index contributed by atoms with van der Waals surface area (Å²) in [6.45, 7) is 7.11. The van der Waals surface area contributed by atoms with E-state index in [1.165, 1.54) is 5.56 Å². The maximum absolute atomic E-state index is 13.0. The van der Waals surface area contributed by atoms with E-state index in [0.29, 0.717) is 37.6 Å². The van der Waals surface area contributed by atoms with Gasteiger partial charge in [-0.1, -0.05) is 35.9 Å². The molecule has 2 aliphatic rings. The molecule has 0 aliphatic carbocycles. The van der Waals surface area contributed by atoms with Crippen LogP contribution in [0.3, 0.4) is 0 Å². The minimum atomic E-state index is -3.49. The number of carbonyl (C=O) groups is 1. The predicted octanol–water partition coefficient (Wildman–Crippen LogP) is 0.782. The number of fused-ring (bicyclic) bond motifs is 1. The van der Waals surface area contributed by atoms with Gasteiger partial charge in [0.05, 0.1) is 31.1 Å². The number of para-hydroxylation sites is 1. The number of amides is 1. The molecule has 1 saturated heterocycles. The lowest BCUT2D eigenvalue weighted by atomic mass is 10.2. The average Bonchev–Trinajstić information content (AvgIpc) is 3.12. The second-order valence-corrected chi connectivity index (χ2v) is 9.93. The number of sulfonamides is 1. The number of nitrogens with zero attached hydrogens (tertiary/aromatic N) is 2. The Morgan fingerprint density at radius 1 is 1.03 bits per heavy atom. The number of carbonyl (C=O) groups excluding carboxylic acids is 1. The van der Waals surface area contributed by atoms with E-state index in [-0.39, 0.29) is 5.91 Å². The molecule has 2 heterocycles. The molecular formula is C22H28N3O3S+. The van der Waals surface area contributed by atoms with Crippen molar-refractivity contribution in [1.29, 1.82) is 0 Å². The molecule has 2 aromatic carbocycles. The third kappa shape index (κ3) is 3.95. The van der Waals surface area contributed by atoms with Crippen LogP contribution in [0.1, 0.15) is 16.7 Å².